The van der Waals surface area contributed by atoms with Crippen LogP contribution in [-0.4, -0.2) is 27.3 Å². The Morgan fingerprint density at radius 2 is 2.05 bits per heavy atom. The quantitative estimate of drug-likeness (QED) is 0.649. The topological polar surface area (TPSA) is 87.2 Å². The second-order valence-corrected chi connectivity index (χ2v) is 4.93. The second kappa shape index (κ2) is 6.45. The Labute approximate surface area is 126 Å². The number of carbonyl (C=O) groups is 1. The first kappa shape index (κ1) is 15.1. The Morgan fingerprint density at radius 1 is 1.38 bits per heavy atom. The third kappa shape index (κ3) is 3.43. The number of hydrogen-bond donors (Lipinski definition) is 1. The fraction of sp³-hybridized carbons (Fsp3) is 0.286. The zero-order valence-corrected chi connectivity index (χ0v) is 12.4. The third-order valence-corrected chi connectivity index (χ3v) is 3.00. The highest BCUT2D eigenvalue weighted by molar-refractivity contribution is 7.80. The molecule has 0 spiro atoms. The highest BCUT2D eigenvalue weighted by Crippen LogP contribution is 2.14. The molecule has 1 aromatic heterocycles. The fourth-order valence-corrected chi connectivity index (χ4v) is 2.16. The monoisotopic (exact) mass is 305 g/mol. The number of nitrogens with two attached hydrogens (primary N) is 1. The van der Waals surface area contributed by atoms with Gasteiger partial charge in [0.15, 0.2) is 0 Å². The number of aromatic nitrogens is 2. The molecule has 0 saturated carbocycles. The van der Waals surface area contributed by atoms with Gasteiger partial charge in [0.1, 0.15) is 0 Å². The van der Waals surface area contributed by atoms with Crippen molar-refractivity contribution in [3.8, 4) is 0 Å². The molecule has 0 unspecified atom stereocenters. The van der Waals surface area contributed by atoms with Crippen LogP contribution < -0.4 is 11.3 Å². The van der Waals surface area contributed by atoms with Gasteiger partial charge in [0, 0.05) is 5.39 Å². The van der Waals surface area contributed by atoms with Gasteiger partial charge >= 0.3 is 5.97 Å². The highest BCUT2D eigenvalue weighted by Gasteiger charge is 2.14. The Balaban J connectivity index is 2.57. The van der Waals surface area contributed by atoms with Crippen LogP contribution in [0.1, 0.15) is 12.6 Å². The molecule has 110 valence electrons. The maximum atomic E-state index is 12.3. The lowest BCUT2D eigenvalue weighted by atomic mass is 10.1. The summed E-state index contributed by atoms with van der Waals surface area (Å²) in [5.41, 5.74) is 5.66. The minimum atomic E-state index is -0.393. The maximum absolute atomic E-state index is 12.3. The number of rotatable bonds is 5. The summed E-state index contributed by atoms with van der Waals surface area (Å²) in [7, 11) is 0. The van der Waals surface area contributed by atoms with Crippen LogP contribution in [0.5, 0.6) is 0 Å². The van der Waals surface area contributed by atoms with Gasteiger partial charge in [0.2, 0.25) is 0 Å². The zero-order chi connectivity index (χ0) is 15.4. The van der Waals surface area contributed by atoms with Crippen LogP contribution >= 0.6 is 12.2 Å². The molecule has 2 N–H and O–H groups in total. The van der Waals surface area contributed by atoms with E-state index in [9.17, 15) is 9.59 Å². The smallest absolute Gasteiger partial charge is 0.311 e. The van der Waals surface area contributed by atoms with Crippen molar-refractivity contribution in [3.63, 3.8) is 0 Å². The molecule has 6 nitrogen and oxygen atoms in total. The predicted molar refractivity (Wildman–Crippen MR) is 83.1 cm³/mol. The van der Waals surface area contributed by atoms with Gasteiger partial charge in [0.05, 0.1) is 35.6 Å². The molecular weight excluding hydrogens is 290 g/mol. The average Bonchev–Trinajstić information content (AvgIpc) is 2.44. The Hall–Kier alpha value is -2.28. The number of esters is 1. The number of thiocarbonyl (C=S) groups is 1. The molecule has 0 bridgehead atoms. The molecule has 0 aliphatic heterocycles. The van der Waals surface area contributed by atoms with Crippen molar-refractivity contribution in [2.45, 2.75) is 19.9 Å². The molecule has 0 atom stereocenters. The van der Waals surface area contributed by atoms with Crippen LogP contribution in [0.25, 0.3) is 10.8 Å². The van der Waals surface area contributed by atoms with Crippen LogP contribution in [0.3, 0.4) is 0 Å². The van der Waals surface area contributed by atoms with Crippen LogP contribution in [0.2, 0.25) is 0 Å². The van der Waals surface area contributed by atoms with Crippen molar-refractivity contribution in [1.82, 2.24) is 9.78 Å². The van der Waals surface area contributed by atoms with Crippen molar-refractivity contribution in [2.75, 3.05) is 6.61 Å². The van der Waals surface area contributed by atoms with Gasteiger partial charge in [-0.1, -0.05) is 30.4 Å². The second-order valence-electron chi connectivity index (χ2n) is 4.40. The van der Waals surface area contributed by atoms with Gasteiger partial charge in [-0.2, -0.15) is 5.10 Å². The van der Waals surface area contributed by atoms with Gasteiger partial charge in [-0.3, -0.25) is 9.59 Å². The van der Waals surface area contributed by atoms with E-state index < -0.39 is 5.97 Å². The average molecular weight is 305 g/mol. The number of hydrogen-bond acceptors (Lipinski definition) is 5. The van der Waals surface area contributed by atoms with E-state index in [4.69, 9.17) is 22.7 Å². The molecule has 1 heterocycles. The molecule has 7 heteroatoms. The summed E-state index contributed by atoms with van der Waals surface area (Å²) in [6.45, 7) is 2.06. The maximum Gasteiger partial charge on any atom is 0.311 e. The summed E-state index contributed by atoms with van der Waals surface area (Å²) in [5.74, 6) is -0.393. The lowest BCUT2D eigenvalue weighted by Crippen LogP contribution is -2.30. The van der Waals surface area contributed by atoms with Crippen molar-refractivity contribution < 1.29 is 9.53 Å². The molecule has 0 aliphatic rings. The van der Waals surface area contributed by atoms with E-state index in [1.54, 1.807) is 31.2 Å². The van der Waals surface area contributed by atoms with Crippen molar-refractivity contribution >= 4 is 33.9 Å². The molecule has 2 rings (SSSR count). The Bertz CT molecular complexity index is 755. The molecule has 0 radical (unpaired) electrons. The van der Waals surface area contributed by atoms with Crippen LogP contribution in [-0.2, 0) is 22.5 Å². The Kier molecular flexibility index (Phi) is 4.64. The molecular formula is C14H15N3O3S. The summed E-state index contributed by atoms with van der Waals surface area (Å²) >= 11 is 4.82. The van der Waals surface area contributed by atoms with E-state index in [2.05, 4.69) is 5.10 Å². The summed E-state index contributed by atoms with van der Waals surface area (Å²) < 4.78 is 6.11. The normalized spacial score (nSPS) is 10.5. The number of fused-ring (bicyclic) bond motifs is 1. The minimum Gasteiger partial charge on any atom is -0.466 e. The summed E-state index contributed by atoms with van der Waals surface area (Å²) in [6, 6.07) is 6.98. The molecule has 0 saturated heterocycles. The molecule has 21 heavy (non-hydrogen) atoms. The Morgan fingerprint density at radius 3 is 2.67 bits per heavy atom. The van der Waals surface area contributed by atoms with Crippen molar-refractivity contribution in [2.24, 2.45) is 5.73 Å². The summed E-state index contributed by atoms with van der Waals surface area (Å²) in [4.78, 5) is 24.1. The van der Waals surface area contributed by atoms with E-state index in [1.165, 1.54) is 4.68 Å². The van der Waals surface area contributed by atoms with E-state index in [-0.39, 0.29) is 23.5 Å². The first-order valence-corrected chi connectivity index (χ1v) is 6.86. The van der Waals surface area contributed by atoms with Gasteiger partial charge in [-0.15, -0.1) is 0 Å². The van der Waals surface area contributed by atoms with E-state index in [0.29, 0.717) is 23.1 Å². The minimum absolute atomic E-state index is 0.00797. The first-order valence-electron chi connectivity index (χ1n) is 6.45. The third-order valence-electron chi connectivity index (χ3n) is 2.87. The first-order chi connectivity index (χ1) is 10.0. The van der Waals surface area contributed by atoms with Gasteiger partial charge < -0.3 is 10.5 Å². The fourth-order valence-electron chi connectivity index (χ4n) is 2.04. The van der Waals surface area contributed by atoms with Crippen LogP contribution in [0.4, 0.5) is 0 Å². The molecule has 2 aromatic rings. The predicted octanol–water partition coefficient (Wildman–Crippen LogP) is 0.788. The van der Waals surface area contributed by atoms with E-state index >= 15 is 0 Å². The van der Waals surface area contributed by atoms with Gasteiger partial charge in [-0.05, 0) is 13.0 Å². The van der Waals surface area contributed by atoms with Crippen molar-refractivity contribution in [3.05, 3.63) is 40.3 Å². The number of carbonyl (C=O) groups excluding carboxylic acids is 1. The number of nitrogens with zero attached hydrogens (tertiary/aromatic N) is 2. The molecule has 1 aromatic carbocycles. The number of benzene rings is 1. The highest BCUT2D eigenvalue weighted by atomic mass is 32.1. The largest absolute Gasteiger partial charge is 0.466 e. The molecule has 0 aliphatic carbocycles. The van der Waals surface area contributed by atoms with Gasteiger partial charge in [-0.25, -0.2) is 4.68 Å². The SMILES string of the molecule is CCOC(=O)Cc1nn(CC(N)=S)c(=O)c2ccccc12. The summed E-state index contributed by atoms with van der Waals surface area (Å²) in [5, 5.41) is 5.31. The van der Waals surface area contributed by atoms with Crippen LogP contribution in [0, 0.1) is 0 Å². The summed E-state index contributed by atoms with van der Waals surface area (Å²) in [6.07, 6.45) is -0.00797. The molecule has 0 fully saturated rings. The lowest BCUT2D eigenvalue weighted by Gasteiger charge is -2.10. The van der Waals surface area contributed by atoms with E-state index in [0.717, 1.165) is 0 Å². The molecule has 0 amide bonds. The standard InChI is InChI=1S/C14H15N3O3S/c1-2-20-13(18)7-11-9-5-3-4-6-10(9)14(19)17(16-11)8-12(15)21/h3-6H,2,7-8H2,1H3,(H2,15,21). The van der Waals surface area contributed by atoms with Crippen LogP contribution in [0.15, 0.2) is 29.1 Å². The van der Waals surface area contributed by atoms with E-state index in [1.807, 2.05) is 0 Å². The lowest BCUT2D eigenvalue weighted by molar-refractivity contribution is -0.142. The zero-order valence-electron chi connectivity index (χ0n) is 11.5. The van der Waals surface area contributed by atoms with Gasteiger partial charge in [0.25, 0.3) is 5.56 Å². The number of ether oxygens (including phenoxy) is 1. The van der Waals surface area contributed by atoms with Crippen molar-refractivity contribution in [1.29, 1.82) is 0 Å².